The molecular weight excluding hydrogens is 264 g/mol. The number of hydrogen-bond donors (Lipinski definition) is 3. The maximum atomic E-state index is 5.94. The highest BCUT2D eigenvalue weighted by Gasteiger charge is 2.16. The van der Waals surface area contributed by atoms with Crippen LogP contribution in [0, 0.1) is 5.92 Å². The van der Waals surface area contributed by atoms with Crippen molar-refractivity contribution < 1.29 is 0 Å². The van der Waals surface area contributed by atoms with Crippen LogP contribution in [0.2, 0.25) is 0 Å². The Morgan fingerprint density at radius 3 is 2.71 bits per heavy atom. The van der Waals surface area contributed by atoms with E-state index in [1.54, 1.807) is 0 Å². The van der Waals surface area contributed by atoms with Crippen LogP contribution in [0.5, 0.6) is 0 Å². The van der Waals surface area contributed by atoms with Gasteiger partial charge in [-0.2, -0.15) is 9.97 Å². The summed E-state index contributed by atoms with van der Waals surface area (Å²) in [6.45, 7) is 4.82. The highest BCUT2D eigenvalue weighted by molar-refractivity contribution is 5.51. The van der Waals surface area contributed by atoms with Gasteiger partial charge in [-0.3, -0.25) is 0 Å². The minimum absolute atomic E-state index is 0.546. The van der Waals surface area contributed by atoms with Crippen LogP contribution in [0.3, 0.4) is 0 Å². The number of nitrogens with one attached hydrogen (secondary N) is 2. The molecule has 0 aromatic carbocycles. The fourth-order valence-corrected chi connectivity index (χ4v) is 3.19. The normalized spacial score (nSPS) is 20.5. The molecule has 0 atom stereocenters. The summed E-state index contributed by atoms with van der Waals surface area (Å²) in [7, 11) is 0. The van der Waals surface area contributed by atoms with Crippen LogP contribution in [0.4, 0.5) is 17.6 Å². The molecule has 0 spiro atoms. The van der Waals surface area contributed by atoms with Crippen molar-refractivity contribution in [1.29, 1.82) is 0 Å². The lowest BCUT2D eigenvalue weighted by Crippen LogP contribution is -2.44. The summed E-state index contributed by atoms with van der Waals surface area (Å²) in [5.41, 5.74) is 5.94. The van der Waals surface area contributed by atoms with Gasteiger partial charge in [-0.1, -0.05) is 19.3 Å². The lowest BCUT2D eigenvalue weighted by atomic mass is 9.89. The highest BCUT2D eigenvalue weighted by Crippen LogP contribution is 2.24. The molecule has 1 aromatic rings. The Bertz CT molecular complexity index is 451. The topological polar surface area (TPSA) is 79.1 Å². The number of piperazine rings is 1. The summed E-state index contributed by atoms with van der Waals surface area (Å²) in [6.07, 6.45) is 6.79. The molecule has 4 N–H and O–H groups in total. The Morgan fingerprint density at radius 1 is 1.19 bits per heavy atom. The smallest absolute Gasteiger partial charge is 0.229 e. The molecule has 2 heterocycles. The number of anilines is 3. The molecule has 1 aliphatic carbocycles. The van der Waals surface area contributed by atoms with E-state index < -0.39 is 0 Å². The first-order chi connectivity index (χ1) is 10.3. The number of nitrogens with two attached hydrogens (primary N) is 1. The first-order valence-corrected chi connectivity index (χ1v) is 8.15. The molecule has 0 radical (unpaired) electrons. The molecule has 2 aliphatic rings. The van der Waals surface area contributed by atoms with Crippen LogP contribution < -0.4 is 21.3 Å². The van der Waals surface area contributed by atoms with E-state index in [-0.39, 0.29) is 0 Å². The fourth-order valence-electron chi connectivity index (χ4n) is 3.19. The molecule has 1 aromatic heterocycles. The van der Waals surface area contributed by atoms with E-state index >= 15 is 0 Å². The number of nitrogen functional groups attached to an aromatic ring is 1. The Labute approximate surface area is 126 Å². The van der Waals surface area contributed by atoms with Gasteiger partial charge in [0.2, 0.25) is 5.95 Å². The minimum atomic E-state index is 0.546. The molecule has 1 aliphatic heterocycles. The summed E-state index contributed by atoms with van der Waals surface area (Å²) >= 11 is 0. The van der Waals surface area contributed by atoms with Gasteiger partial charge in [0.15, 0.2) is 0 Å². The Balaban J connectivity index is 1.62. The molecule has 3 rings (SSSR count). The van der Waals surface area contributed by atoms with Crippen molar-refractivity contribution in [2.24, 2.45) is 5.92 Å². The maximum absolute atomic E-state index is 5.94. The molecule has 116 valence electrons. The SMILES string of the molecule is Nc1cc(NCC2CCCCC2)nc(N2CCNCC2)n1. The third kappa shape index (κ3) is 3.97. The van der Waals surface area contributed by atoms with Crippen LogP contribution in [-0.4, -0.2) is 42.7 Å². The van der Waals surface area contributed by atoms with Crippen LogP contribution in [-0.2, 0) is 0 Å². The van der Waals surface area contributed by atoms with E-state index in [9.17, 15) is 0 Å². The zero-order valence-corrected chi connectivity index (χ0v) is 12.6. The molecule has 1 saturated heterocycles. The monoisotopic (exact) mass is 290 g/mol. The van der Waals surface area contributed by atoms with E-state index in [4.69, 9.17) is 5.73 Å². The average molecular weight is 290 g/mol. The summed E-state index contributed by atoms with van der Waals surface area (Å²) in [6, 6.07) is 1.84. The zero-order chi connectivity index (χ0) is 14.5. The summed E-state index contributed by atoms with van der Waals surface area (Å²) in [5, 5.41) is 6.80. The van der Waals surface area contributed by atoms with Crippen molar-refractivity contribution in [3.8, 4) is 0 Å². The molecule has 6 heteroatoms. The second kappa shape index (κ2) is 6.93. The van der Waals surface area contributed by atoms with E-state index in [1.165, 1.54) is 32.1 Å². The van der Waals surface area contributed by atoms with E-state index in [0.29, 0.717) is 5.82 Å². The van der Waals surface area contributed by atoms with Crippen LogP contribution in [0.25, 0.3) is 0 Å². The van der Waals surface area contributed by atoms with E-state index in [1.807, 2.05) is 6.07 Å². The number of aromatic nitrogens is 2. The molecule has 0 unspecified atom stereocenters. The lowest BCUT2D eigenvalue weighted by Gasteiger charge is -2.28. The summed E-state index contributed by atoms with van der Waals surface area (Å²) < 4.78 is 0. The summed E-state index contributed by atoms with van der Waals surface area (Å²) in [5.74, 6) is 2.94. The van der Waals surface area contributed by atoms with Crippen molar-refractivity contribution in [2.75, 3.05) is 48.7 Å². The van der Waals surface area contributed by atoms with Crippen molar-refractivity contribution in [2.45, 2.75) is 32.1 Å². The molecule has 6 nitrogen and oxygen atoms in total. The van der Waals surface area contributed by atoms with Crippen LogP contribution in [0.1, 0.15) is 32.1 Å². The number of hydrogen-bond acceptors (Lipinski definition) is 6. The van der Waals surface area contributed by atoms with Gasteiger partial charge in [0, 0.05) is 38.8 Å². The van der Waals surface area contributed by atoms with Gasteiger partial charge in [-0.15, -0.1) is 0 Å². The molecule has 2 fully saturated rings. The molecule has 1 saturated carbocycles. The predicted octanol–water partition coefficient (Wildman–Crippen LogP) is 1.46. The first-order valence-electron chi connectivity index (χ1n) is 8.15. The van der Waals surface area contributed by atoms with Gasteiger partial charge < -0.3 is 21.3 Å². The number of nitrogens with zero attached hydrogens (tertiary/aromatic N) is 3. The maximum Gasteiger partial charge on any atom is 0.229 e. The number of rotatable bonds is 4. The summed E-state index contributed by atoms with van der Waals surface area (Å²) in [4.78, 5) is 11.2. The van der Waals surface area contributed by atoms with Gasteiger partial charge >= 0.3 is 0 Å². The second-order valence-corrected chi connectivity index (χ2v) is 6.10. The van der Waals surface area contributed by atoms with Gasteiger partial charge in [0.05, 0.1) is 0 Å². The predicted molar refractivity (Wildman–Crippen MR) is 86.6 cm³/mol. The average Bonchev–Trinajstić information content (AvgIpc) is 2.54. The zero-order valence-electron chi connectivity index (χ0n) is 12.6. The third-order valence-corrected chi connectivity index (χ3v) is 4.43. The molecular formula is C15H26N6. The van der Waals surface area contributed by atoms with Gasteiger partial charge in [0.25, 0.3) is 0 Å². The Morgan fingerprint density at radius 2 is 1.95 bits per heavy atom. The van der Waals surface area contributed by atoms with Crippen molar-refractivity contribution >= 4 is 17.6 Å². The van der Waals surface area contributed by atoms with E-state index in [2.05, 4.69) is 25.5 Å². The fraction of sp³-hybridized carbons (Fsp3) is 0.733. The van der Waals surface area contributed by atoms with Gasteiger partial charge in [0.1, 0.15) is 11.6 Å². The minimum Gasteiger partial charge on any atom is -0.383 e. The van der Waals surface area contributed by atoms with Crippen molar-refractivity contribution in [3.05, 3.63) is 6.07 Å². The van der Waals surface area contributed by atoms with Crippen molar-refractivity contribution in [1.82, 2.24) is 15.3 Å². The van der Waals surface area contributed by atoms with Crippen LogP contribution >= 0.6 is 0 Å². The Hall–Kier alpha value is -1.56. The lowest BCUT2D eigenvalue weighted by molar-refractivity contribution is 0.373. The van der Waals surface area contributed by atoms with Crippen LogP contribution in [0.15, 0.2) is 6.07 Å². The van der Waals surface area contributed by atoms with Gasteiger partial charge in [-0.05, 0) is 18.8 Å². The van der Waals surface area contributed by atoms with E-state index in [0.717, 1.165) is 50.4 Å². The quantitative estimate of drug-likeness (QED) is 0.779. The standard InChI is InChI=1S/C15H26N6/c16-13-10-14(18-11-12-4-2-1-3-5-12)20-15(19-13)21-8-6-17-7-9-21/h10,12,17H,1-9,11H2,(H3,16,18,19,20). The third-order valence-electron chi connectivity index (χ3n) is 4.43. The molecule has 0 bridgehead atoms. The Kier molecular flexibility index (Phi) is 4.75. The molecule has 21 heavy (non-hydrogen) atoms. The first kappa shape index (κ1) is 14.4. The highest BCUT2D eigenvalue weighted by atomic mass is 15.3. The largest absolute Gasteiger partial charge is 0.383 e. The van der Waals surface area contributed by atoms with Crippen molar-refractivity contribution in [3.63, 3.8) is 0 Å². The molecule has 0 amide bonds. The second-order valence-electron chi connectivity index (χ2n) is 6.10. The van der Waals surface area contributed by atoms with Gasteiger partial charge in [-0.25, -0.2) is 0 Å².